The summed E-state index contributed by atoms with van der Waals surface area (Å²) in [4.78, 5) is 24.6. The average molecular weight is 433 g/mol. The molecule has 2 aromatic rings. The van der Waals surface area contributed by atoms with Gasteiger partial charge in [-0.3, -0.25) is 15.0 Å². The third-order valence-electron chi connectivity index (χ3n) is 3.97. The predicted octanol–water partition coefficient (Wildman–Crippen LogP) is 4.31. The van der Waals surface area contributed by atoms with Gasteiger partial charge in [0.1, 0.15) is 5.50 Å². The van der Waals surface area contributed by atoms with E-state index in [1.165, 1.54) is 6.08 Å². The van der Waals surface area contributed by atoms with Crippen LogP contribution in [0.1, 0.15) is 11.1 Å². The number of carbonyl (C=O) groups is 2. The Kier molecular flexibility index (Phi) is 6.14. The van der Waals surface area contributed by atoms with Gasteiger partial charge in [0.05, 0.1) is 5.57 Å². The van der Waals surface area contributed by atoms with E-state index in [4.69, 9.17) is 40.5 Å². The van der Waals surface area contributed by atoms with Gasteiger partial charge in [-0.25, -0.2) is 4.79 Å². The monoisotopic (exact) mass is 432 g/mol. The summed E-state index contributed by atoms with van der Waals surface area (Å²) in [6.07, 6.45) is 4.21. The predicted molar refractivity (Wildman–Crippen MR) is 115 cm³/mol. The molecule has 1 aliphatic heterocycles. The zero-order valence-corrected chi connectivity index (χ0v) is 16.6. The minimum absolute atomic E-state index is 0.207. The number of rotatable bonds is 4. The van der Waals surface area contributed by atoms with E-state index in [-0.39, 0.29) is 11.0 Å². The molecule has 28 heavy (non-hydrogen) atoms. The van der Waals surface area contributed by atoms with Gasteiger partial charge >= 0.3 is 5.97 Å². The fraction of sp³-hybridized carbons (Fsp3) is 0.0500. The minimum atomic E-state index is -1.02. The number of halogens is 2. The van der Waals surface area contributed by atoms with Gasteiger partial charge in [-0.15, -0.1) is 0 Å². The van der Waals surface area contributed by atoms with Gasteiger partial charge in [0.2, 0.25) is 0 Å². The lowest BCUT2D eigenvalue weighted by Gasteiger charge is -2.35. The fourth-order valence-electron chi connectivity index (χ4n) is 2.61. The molecule has 1 unspecified atom stereocenters. The number of thiocarbonyl (C=S) groups is 1. The van der Waals surface area contributed by atoms with Gasteiger partial charge in [-0.2, -0.15) is 0 Å². The van der Waals surface area contributed by atoms with Crippen molar-refractivity contribution in [1.29, 1.82) is 0 Å². The first-order chi connectivity index (χ1) is 13.3. The Labute approximate surface area is 176 Å². The third kappa shape index (κ3) is 4.59. The number of nitrogens with zero attached hydrogens (tertiary/aromatic N) is 1. The molecule has 3 rings (SSSR count). The summed E-state index contributed by atoms with van der Waals surface area (Å²) in [5.74, 6) is -1.39. The highest BCUT2D eigenvalue weighted by Gasteiger charge is 2.34. The summed E-state index contributed by atoms with van der Waals surface area (Å²) < 4.78 is 0. The molecule has 0 saturated carbocycles. The van der Waals surface area contributed by atoms with Crippen molar-refractivity contribution in [3.05, 3.63) is 76.3 Å². The van der Waals surface area contributed by atoms with E-state index in [2.05, 4.69) is 5.32 Å². The Bertz CT molecular complexity index is 986. The molecule has 0 spiro atoms. The van der Waals surface area contributed by atoms with Gasteiger partial charge in [0.25, 0.3) is 5.91 Å². The highest BCUT2D eigenvalue weighted by atomic mass is 35.5. The van der Waals surface area contributed by atoms with Crippen LogP contribution in [-0.4, -0.2) is 27.6 Å². The molecule has 1 atom stereocenters. The van der Waals surface area contributed by atoms with E-state index in [9.17, 15) is 9.59 Å². The molecule has 1 heterocycles. The zero-order valence-electron chi connectivity index (χ0n) is 14.3. The molecular formula is C20H14Cl2N2O3S. The van der Waals surface area contributed by atoms with Crippen molar-refractivity contribution in [2.75, 3.05) is 4.90 Å². The first kappa shape index (κ1) is 20.1. The number of hydrogen-bond donors (Lipinski definition) is 2. The molecular weight excluding hydrogens is 419 g/mol. The number of alkyl halides is 1. The van der Waals surface area contributed by atoms with Gasteiger partial charge < -0.3 is 5.11 Å². The Morgan fingerprint density at radius 2 is 1.71 bits per heavy atom. The Morgan fingerprint density at radius 1 is 1.11 bits per heavy atom. The van der Waals surface area contributed by atoms with E-state index >= 15 is 0 Å². The van der Waals surface area contributed by atoms with Crippen LogP contribution in [0.2, 0.25) is 5.02 Å². The maximum atomic E-state index is 12.4. The van der Waals surface area contributed by atoms with Crippen molar-refractivity contribution in [3.8, 4) is 0 Å². The molecule has 2 aromatic carbocycles. The Balaban J connectivity index is 1.89. The standard InChI is InChI=1S/C20H14Cl2N2O3S/c21-14-6-8-15(9-7-14)24-18(22)16(19(27)23-20(24)28)11-13-3-1-12(2-4-13)5-10-17(25)26/h1-11,18H,(H,25,26)(H,23,27,28). The summed E-state index contributed by atoms with van der Waals surface area (Å²) in [7, 11) is 0. The summed E-state index contributed by atoms with van der Waals surface area (Å²) >= 11 is 17.8. The van der Waals surface area contributed by atoms with Crippen LogP contribution in [0.3, 0.4) is 0 Å². The molecule has 0 bridgehead atoms. The van der Waals surface area contributed by atoms with Crippen molar-refractivity contribution < 1.29 is 14.7 Å². The van der Waals surface area contributed by atoms with Gasteiger partial charge in [0, 0.05) is 16.8 Å². The van der Waals surface area contributed by atoms with Crippen molar-refractivity contribution in [1.82, 2.24) is 5.32 Å². The second kappa shape index (κ2) is 8.56. The summed E-state index contributed by atoms with van der Waals surface area (Å²) in [5, 5.41) is 12.1. The summed E-state index contributed by atoms with van der Waals surface area (Å²) in [6, 6.07) is 14.0. The Morgan fingerprint density at radius 3 is 2.32 bits per heavy atom. The first-order valence-corrected chi connectivity index (χ1v) is 9.34. The number of nitrogens with one attached hydrogen (secondary N) is 1. The van der Waals surface area contributed by atoms with Gasteiger partial charge in [-0.1, -0.05) is 47.5 Å². The van der Waals surface area contributed by atoms with Crippen LogP contribution < -0.4 is 10.2 Å². The lowest BCUT2D eigenvalue weighted by molar-refractivity contribution is -0.131. The molecule has 2 N–H and O–H groups in total. The molecule has 0 aromatic heterocycles. The number of carboxylic acids is 1. The van der Waals surface area contributed by atoms with E-state index in [1.54, 1.807) is 59.5 Å². The summed E-state index contributed by atoms with van der Waals surface area (Å²) in [6.45, 7) is 0. The highest BCUT2D eigenvalue weighted by molar-refractivity contribution is 7.80. The van der Waals surface area contributed by atoms with Gasteiger partial charge in [-0.05, 0) is 59.8 Å². The van der Waals surface area contributed by atoms with Crippen LogP contribution in [0, 0.1) is 0 Å². The molecule has 0 radical (unpaired) electrons. The van der Waals surface area contributed by atoms with Crippen molar-refractivity contribution in [2.45, 2.75) is 5.50 Å². The number of carbonyl (C=O) groups excluding carboxylic acids is 1. The van der Waals surface area contributed by atoms with Crippen LogP contribution >= 0.6 is 35.4 Å². The van der Waals surface area contributed by atoms with Gasteiger partial charge in [0.15, 0.2) is 5.11 Å². The molecule has 5 nitrogen and oxygen atoms in total. The number of anilines is 1. The number of amides is 1. The smallest absolute Gasteiger partial charge is 0.328 e. The lowest BCUT2D eigenvalue weighted by Crippen LogP contribution is -2.54. The van der Waals surface area contributed by atoms with E-state index in [0.717, 1.165) is 17.2 Å². The maximum absolute atomic E-state index is 12.4. The van der Waals surface area contributed by atoms with Crippen LogP contribution in [0.5, 0.6) is 0 Å². The molecule has 1 saturated heterocycles. The number of aliphatic carboxylic acids is 1. The van der Waals surface area contributed by atoms with Crippen LogP contribution in [0.15, 0.2) is 60.2 Å². The molecule has 1 aliphatic rings. The van der Waals surface area contributed by atoms with Crippen LogP contribution in [0.4, 0.5) is 5.69 Å². The average Bonchev–Trinajstić information content (AvgIpc) is 2.66. The SMILES string of the molecule is O=C(O)C=Cc1ccc(C=C2C(=O)NC(=S)N(c3ccc(Cl)cc3)C2Cl)cc1. The second-order valence-corrected chi connectivity index (χ2v) is 7.12. The normalized spacial score (nSPS) is 18.6. The first-order valence-electron chi connectivity index (χ1n) is 8.12. The lowest BCUT2D eigenvalue weighted by atomic mass is 10.1. The topological polar surface area (TPSA) is 69.6 Å². The van der Waals surface area contributed by atoms with E-state index in [0.29, 0.717) is 16.3 Å². The van der Waals surface area contributed by atoms with Crippen molar-refractivity contribution >= 4 is 70.2 Å². The van der Waals surface area contributed by atoms with Crippen LogP contribution in [0.25, 0.3) is 12.2 Å². The molecule has 8 heteroatoms. The molecule has 142 valence electrons. The fourth-order valence-corrected chi connectivity index (χ4v) is 3.47. The van der Waals surface area contributed by atoms with Crippen molar-refractivity contribution in [2.24, 2.45) is 0 Å². The zero-order chi connectivity index (χ0) is 20.3. The minimum Gasteiger partial charge on any atom is -0.478 e. The number of benzene rings is 2. The maximum Gasteiger partial charge on any atom is 0.328 e. The molecule has 1 amide bonds. The Hall–Kier alpha value is -2.67. The molecule has 1 fully saturated rings. The molecule has 0 aliphatic carbocycles. The third-order valence-corrected chi connectivity index (χ3v) is 4.95. The van der Waals surface area contributed by atoms with E-state index in [1.807, 2.05) is 0 Å². The summed E-state index contributed by atoms with van der Waals surface area (Å²) in [5.41, 5.74) is 1.71. The van der Waals surface area contributed by atoms with E-state index < -0.39 is 11.5 Å². The van der Waals surface area contributed by atoms with Crippen molar-refractivity contribution in [3.63, 3.8) is 0 Å². The number of hydrogen-bond acceptors (Lipinski definition) is 3. The quantitative estimate of drug-likeness (QED) is 0.326. The second-order valence-electron chi connectivity index (χ2n) is 5.88. The van der Waals surface area contributed by atoms with Crippen LogP contribution in [-0.2, 0) is 9.59 Å². The number of carboxylic acid groups (broad SMARTS) is 1. The highest BCUT2D eigenvalue weighted by Crippen LogP contribution is 2.29. The largest absolute Gasteiger partial charge is 0.478 e.